The summed E-state index contributed by atoms with van der Waals surface area (Å²) in [5.74, 6) is -0.958. The fourth-order valence-electron chi connectivity index (χ4n) is 2.92. The first-order valence-corrected chi connectivity index (χ1v) is 15.4. The van der Waals surface area contributed by atoms with Crippen molar-refractivity contribution in [1.29, 1.82) is 0 Å². The maximum absolute atomic E-state index is 12.3. The predicted octanol–water partition coefficient (Wildman–Crippen LogP) is 6.06. The van der Waals surface area contributed by atoms with Gasteiger partial charge in [-0.2, -0.15) is 0 Å². The van der Waals surface area contributed by atoms with Crippen LogP contribution in [0.5, 0.6) is 0 Å². The van der Waals surface area contributed by atoms with Crippen LogP contribution in [-0.2, 0) is 32.7 Å². The van der Waals surface area contributed by atoms with E-state index in [2.05, 4.69) is 55.5 Å². The van der Waals surface area contributed by atoms with Crippen LogP contribution in [0.15, 0.2) is 48.6 Å². The third-order valence-electron chi connectivity index (χ3n) is 5.18. The molecule has 0 aromatic rings. The summed E-state index contributed by atoms with van der Waals surface area (Å²) < 4.78 is 33.1. The van der Waals surface area contributed by atoms with Crippen LogP contribution in [-0.4, -0.2) is 74.9 Å². The molecule has 0 aromatic carbocycles. The van der Waals surface area contributed by atoms with E-state index in [-0.39, 0.29) is 26.1 Å². The Morgan fingerprint density at radius 2 is 1.41 bits per heavy atom. The zero-order chi connectivity index (χ0) is 29.4. The summed E-state index contributed by atoms with van der Waals surface area (Å²) in [5, 5.41) is 0. The van der Waals surface area contributed by atoms with Gasteiger partial charge < -0.3 is 18.9 Å². The van der Waals surface area contributed by atoms with E-state index in [0.29, 0.717) is 17.4 Å². The van der Waals surface area contributed by atoms with Crippen LogP contribution in [0.4, 0.5) is 0 Å². The van der Waals surface area contributed by atoms with Crippen molar-refractivity contribution in [2.75, 3.05) is 47.5 Å². The number of carbonyl (C=O) groups is 2. The Morgan fingerprint density at radius 3 is 1.97 bits per heavy atom. The standard InChI is InChI=1S/C29H50NO8P/c1-6-8-9-10-11-12-13-14-15-16-17-18-19-20-21-22-29(32)38-27(25-35-28(31)7-2)26-37-39(33,34)36-24-23-30(3,4)5/h8-9,11-12,14-15,17-18,27H,6-7,10,13,16,19-26H2,1-5H3/p+1/b9-8-,12-11-,15-14-,18-17-. The Bertz CT molecular complexity index is 830. The number of phosphoric ester groups is 1. The van der Waals surface area contributed by atoms with Gasteiger partial charge in [0.2, 0.25) is 0 Å². The minimum Gasteiger partial charge on any atom is -0.462 e. The molecule has 0 fully saturated rings. The lowest BCUT2D eigenvalue weighted by molar-refractivity contribution is -0.870. The first-order chi connectivity index (χ1) is 18.5. The van der Waals surface area contributed by atoms with Gasteiger partial charge in [-0.3, -0.25) is 18.6 Å². The zero-order valence-corrected chi connectivity index (χ0v) is 25.5. The molecule has 0 aromatic heterocycles. The van der Waals surface area contributed by atoms with E-state index in [4.69, 9.17) is 18.5 Å². The largest absolute Gasteiger partial charge is 0.472 e. The molecule has 39 heavy (non-hydrogen) atoms. The highest BCUT2D eigenvalue weighted by molar-refractivity contribution is 7.47. The fourth-order valence-corrected chi connectivity index (χ4v) is 3.66. The van der Waals surface area contributed by atoms with Gasteiger partial charge in [-0.25, -0.2) is 4.57 Å². The Balaban J connectivity index is 4.32. The lowest BCUT2D eigenvalue weighted by atomic mass is 10.2. The van der Waals surface area contributed by atoms with Gasteiger partial charge in [0.1, 0.15) is 19.8 Å². The highest BCUT2D eigenvalue weighted by Crippen LogP contribution is 2.43. The quantitative estimate of drug-likeness (QED) is 0.0518. The number of phosphoric acid groups is 1. The summed E-state index contributed by atoms with van der Waals surface area (Å²) >= 11 is 0. The number of rotatable bonds is 23. The molecule has 2 unspecified atom stereocenters. The molecular formula is C29H51NO8P+. The third-order valence-corrected chi connectivity index (χ3v) is 6.16. The van der Waals surface area contributed by atoms with Crippen molar-refractivity contribution in [3.63, 3.8) is 0 Å². The number of nitrogens with zero attached hydrogens (tertiary/aromatic N) is 1. The second-order valence-electron chi connectivity index (χ2n) is 10.0. The molecule has 10 heteroatoms. The Morgan fingerprint density at radius 1 is 0.821 bits per heavy atom. The number of unbranched alkanes of at least 4 members (excludes halogenated alkanes) is 2. The normalized spacial score (nSPS) is 14.9. The average molecular weight is 573 g/mol. The fraction of sp³-hybridized carbons (Fsp3) is 0.655. The van der Waals surface area contributed by atoms with Crippen LogP contribution in [0.1, 0.15) is 71.6 Å². The molecule has 0 radical (unpaired) electrons. The van der Waals surface area contributed by atoms with Crippen molar-refractivity contribution in [3.05, 3.63) is 48.6 Å². The molecule has 2 atom stereocenters. The van der Waals surface area contributed by atoms with Gasteiger partial charge in [0.15, 0.2) is 6.10 Å². The molecule has 0 saturated carbocycles. The van der Waals surface area contributed by atoms with Crippen molar-refractivity contribution in [3.8, 4) is 0 Å². The number of quaternary nitrogens is 1. The first kappa shape index (κ1) is 37.0. The molecule has 0 amide bonds. The van der Waals surface area contributed by atoms with Crippen molar-refractivity contribution < 1.29 is 42.1 Å². The Labute approximate surface area is 235 Å². The molecule has 0 heterocycles. The maximum atomic E-state index is 12.3. The molecule has 0 bridgehead atoms. The minimum atomic E-state index is -4.34. The molecule has 0 aliphatic carbocycles. The van der Waals surface area contributed by atoms with E-state index in [9.17, 15) is 19.0 Å². The van der Waals surface area contributed by atoms with E-state index in [1.165, 1.54) is 0 Å². The lowest BCUT2D eigenvalue weighted by Gasteiger charge is -2.24. The Kier molecular flexibility index (Phi) is 21.6. The number of ether oxygens (including phenoxy) is 2. The summed E-state index contributed by atoms with van der Waals surface area (Å²) in [4.78, 5) is 33.7. The molecule has 0 aliphatic heterocycles. The summed E-state index contributed by atoms with van der Waals surface area (Å²) in [6.07, 6.45) is 22.6. The molecule has 0 saturated heterocycles. The van der Waals surface area contributed by atoms with Gasteiger partial charge in [-0.15, -0.1) is 0 Å². The highest BCUT2D eigenvalue weighted by Gasteiger charge is 2.26. The van der Waals surface area contributed by atoms with Crippen molar-refractivity contribution >= 4 is 19.8 Å². The van der Waals surface area contributed by atoms with E-state index in [0.717, 1.165) is 38.5 Å². The number of likely N-dealkylation sites (N-methyl/N-ethyl adjacent to an activating group) is 1. The van der Waals surface area contributed by atoms with Crippen LogP contribution in [0.25, 0.3) is 0 Å². The molecule has 1 N–H and O–H groups in total. The van der Waals surface area contributed by atoms with Crippen molar-refractivity contribution in [1.82, 2.24) is 0 Å². The number of carbonyl (C=O) groups excluding carboxylic acids is 2. The topological polar surface area (TPSA) is 108 Å². The summed E-state index contributed by atoms with van der Waals surface area (Å²) in [7, 11) is 1.43. The van der Waals surface area contributed by atoms with Crippen molar-refractivity contribution in [2.24, 2.45) is 0 Å². The highest BCUT2D eigenvalue weighted by atomic mass is 31.2. The molecule has 9 nitrogen and oxygen atoms in total. The maximum Gasteiger partial charge on any atom is 0.472 e. The SMILES string of the molecule is CC/C=C\C/C=C\C/C=C\C/C=C\CCCCC(=O)OC(COC(=O)CC)COP(=O)(O)OCC[N+](C)(C)C. The van der Waals surface area contributed by atoms with Crippen LogP contribution in [0, 0.1) is 0 Å². The predicted molar refractivity (Wildman–Crippen MR) is 155 cm³/mol. The van der Waals surface area contributed by atoms with Gasteiger partial charge in [0.05, 0.1) is 27.7 Å². The van der Waals surface area contributed by atoms with E-state index < -0.39 is 32.5 Å². The van der Waals surface area contributed by atoms with Crippen LogP contribution in [0.3, 0.4) is 0 Å². The number of esters is 2. The third kappa shape index (κ3) is 26.0. The molecule has 0 rings (SSSR count). The summed E-state index contributed by atoms with van der Waals surface area (Å²) in [6, 6.07) is 0. The van der Waals surface area contributed by atoms with Crippen LogP contribution >= 0.6 is 7.82 Å². The second kappa shape index (κ2) is 22.8. The molecular weight excluding hydrogens is 521 g/mol. The van der Waals surface area contributed by atoms with Gasteiger partial charge in [-0.05, 0) is 44.9 Å². The molecule has 0 spiro atoms. The first-order valence-electron chi connectivity index (χ1n) is 13.9. The van der Waals surface area contributed by atoms with Gasteiger partial charge >= 0.3 is 19.8 Å². The van der Waals surface area contributed by atoms with E-state index in [1.54, 1.807) is 6.92 Å². The Hall–Kier alpha value is -2.03. The molecule has 0 aliphatic rings. The molecule has 224 valence electrons. The average Bonchev–Trinajstić information content (AvgIpc) is 2.86. The monoisotopic (exact) mass is 572 g/mol. The van der Waals surface area contributed by atoms with Crippen molar-refractivity contribution in [2.45, 2.75) is 77.7 Å². The van der Waals surface area contributed by atoms with Gasteiger partial charge in [0, 0.05) is 12.8 Å². The summed E-state index contributed by atoms with van der Waals surface area (Å²) in [5.41, 5.74) is 0. The van der Waals surface area contributed by atoms with E-state index in [1.807, 2.05) is 21.1 Å². The number of allylic oxidation sites excluding steroid dienone is 8. The lowest BCUT2D eigenvalue weighted by Crippen LogP contribution is -2.37. The number of hydrogen-bond acceptors (Lipinski definition) is 7. The minimum absolute atomic E-state index is 0.0197. The summed E-state index contributed by atoms with van der Waals surface area (Å²) in [6.45, 7) is 3.59. The van der Waals surface area contributed by atoms with Gasteiger partial charge in [0.25, 0.3) is 0 Å². The van der Waals surface area contributed by atoms with E-state index >= 15 is 0 Å². The van der Waals surface area contributed by atoms with Gasteiger partial charge in [-0.1, -0.05) is 62.5 Å². The van der Waals surface area contributed by atoms with Crippen LogP contribution < -0.4 is 0 Å². The smallest absolute Gasteiger partial charge is 0.462 e. The number of hydrogen-bond donors (Lipinski definition) is 1. The van der Waals surface area contributed by atoms with Crippen LogP contribution in [0.2, 0.25) is 0 Å². The second-order valence-corrected chi connectivity index (χ2v) is 11.5. The zero-order valence-electron chi connectivity index (χ0n) is 24.6.